The summed E-state index contributed by atoms with van der Waals surface area (Å²) in [6.45, 7) is 6.21. The Balaban J connectivity index is 0.000000514. The fourth-order valence-corrected chi connectivity index (χ4v) is 2.50. The molecule has 0 fully saturated rings. The van der Waals surface area contributed by atoms with Gasteiger partial charge in [0.1, 0.15) is 0 Å². The molecule has 0 bridgehead atoms. The molecule has 0 aliphatic heterocycles. The molecule has 1 aliphatic carbocycles. The molecule has 0 saturated heterocycles. The Bertz CT molecular complexity index is 547. The molecule has 1 aliphatic rings. The number of hydrogen-bond acceptors (Lipinski definition) is 0. The monoisotopic (exact) mass is 224 g/mol. The predicted octanol–water partition coefficient (Wildman–Crippen LogP) is 5.13. The normalized spacial score (nSPS) is 12.9. The van der Waals surface area contributed by atoms with Crippen LogP contribution in [0.3, 0.4) is 0 Å². The fourth-order valence-electron chi connectivity index (χ4n) is 2.50. The smallest absolute Gasteiger partial charge is 0.0106 e. The second kappa shape index (κ2) is 5.18. The maximum Gasteiger partial charge on any atom is -0.0106 e. The molecule has 2 aromatic rings. The Morgan fingerprint density at radius 3 is 2.47 bits per heavy atom. The minimum Gasteiger partial charge on any atom is -0.0836 e. The lowest BCUT2D eigenvalue weighted by atomic mass is 9.90. The van der Waals surface area contributed by atoms with Crippen molar-refractivity contribution in [3.05, 3.63) is 53.1 Å². The van der Waals surface area contributed by atoms with Crippen molar-refractivity contribution in [2.75, 3.05) is 0 Å². The lowest BCUT2D eigenvalue weighted by Gasteiger charge is -2.15. The summed E-state index contributed by atoms with van der Waals surface area (Å²) in [5.74, 6) is 0. The molecule has 3 rings (SSSR count). The molecule has 0 N–H and O–H groups in total. The van der Waals surface area contributed by atoms with Gasteiger partial charge in [-0.05, 0) is 47.2 Å². The molecule has 0 heterocycles. The van der Waals surface area contributed by atoms with E-state index >= 15 is 0 Å². The number of fused-ring (bicyclic) bond motifs is 3. The van der Waals surface area contributed by atoms with Crippen LogP contribution in [-0.2, 0) is 6.42 Å². The third kappa shape index (κ3) is 2.12. The second-order valence-electron chi connectivity index (χ2n) is 4.25. The van der Waals surface area contributed by atoms with E-state index in [2.05, 4.69) is 49.4 Å². The topological polar surface area (TPSA) is 0 Å². The molecule has 0 spiro atoms. The highest BCUT2D eigenvalue weighted by Gasteiger charge is 2.09. The van der Waals surface area contributed by atoms with E-state index in [1.54, 1.807) is 0 Å². The van der Waals surface area contributed by atoms with Crippen LogP contribution >= 0.6 is 0 Å². The highest BCUT2D eigenvalue weighted by Crippen LogP contribution is 2.30. The summed E-state index contributed by atoms with van der Waals surface area (Å²) in [5, 5.41) is 2.80. The molecule has 0 aromatic heterocycles. The number of rotatable bonds is 0. The van der Waals surface area contributed by atoms with Crippen molar-refractivity contribution in [3.8, 4) is 0 Å². The van der Waals surface area contributed by atoms with Gasteiger partial charge in [-0.15, -0.1) is 0 Å². The second-order valence-corrected chi connectivity index (χ2v) is 4.25. The highest BCUT2D eigenvalue weighted by atomic mass is 14.1. The van der Waals surface area contributed by atoms with E-state index in [0.717, 1.165) is 0 Å². The molecule has 0 heteroatoms. The first-order chi connectivity index (χ1) is 8.36. The van der Waals surface area contributed by atoms with Crippen LogP contribution in [0.15, 0.2) is 36.4 Å². The molecule has 17 heavy (non-hydrogen) atoms. The minimum atomic E-state index is 1.19. The summed E-state index contributed by atoms with van der Waals surface area (Å²) >= 11 is 0. The van der Waals surface area contributed by atoms with Gasteiger partial charge in [-0.2, -0.15) is 0 Å². The third-order valence-corrected chi connectivity index (χ3v) is 3.24. The van der Waals surface area contributed by atoms with Crippen molar-refractivity contribution >= 4 is 16.8 Å². The van der Waals surface area contributed by atoms with Crippen molar-refractivity contribution in [2.45, 2.75) is 33.6 Å². The Morgan fingerprint density at radius 1 is 1.00 bits per heavy atom. The van der Waals surface area contributed by atoms with Crippen molar-refractivity contribution in [2.24, 2.45) is 0 Å². The standard InChI is InChI=1S/C15H14.C2H6/c1-11-10-12-6-2-3-8-14(12)15-9-5-4-7-13(11)15;1-2/h3-5,7-10H,2,6H2,1H3;1-2H3. The molecular weight excluding hydrogens is 204 g/mol. The van der Waals surface area contributed by atoms with Gasteiger partial charge in [0.05, 0.1) is 0 Å². The summed E-state index contributed by atoms with van der Waals surface area (Å²) in [6, 6.07) is 11.0. The summed E-state index contributed by atoms with van der Waals surface area (Å²) in [4.78, 5) is 0. The first-order valence-electron chi connectivity index (χ1n) is 6.54. The molecule has 0 radical (unpaired) electrons. The first kappa shape index (κ1) is 11.9. The number of allylic oxidation sites excluding steroid dienone is 1. The van der Waals surface area contributed by atoms with E-state index in [9.17, 15) is 0 Å². The van der Waals surface area contributed by atoms with E-state index in [0.29, 0.717) is 0 Å². The van der Waals surface area contributed by atoms with Crippen LogP contribution in [0.5, 0.6) is 0 Å². The summed E-state index contributed by atoms with van der Waals surface area (Å²) in [7, 11) is 0. The largest absolute Gasteiger partial charge is 0.0836 e. The first-order valence-corrected chi connectivity index (χ1v) is 6.54. The molecule has 2 aromatic carbocycles. The maximum absolute atomic E-state index is 2.35. The minimum absolute atomic E-state index is 1.19. The Hall–Kier alpha value is -1.56. The lowest BCUT2D eigenvalue weighted by Crippen LogP contribution is -1.96. The van der Waals surface area contributed by atoms with Crippen LogP contribution in [0.4, 0.5) is 0 Å². The van der Waals surface area contributed by atoms with Gasteiger partial charge in [-0.3, -0.25) is 0 Å². The zero-order chi connectivity index (χ0) is 12.3. The highest BCUT2D eigenvalue weighted by molar-refractivity contribution is 5.94. The van der Waals surface area contributed by atoms with Gasteiger partial charge < -0.3 is 0 Å². The Labute approximate surface area is 104 Å². The summed E-state index contributed by atoms with van der Waals surface area (Å²) in [6.07, 6.45) is 6.94. The molecule has 0 unspecified atom stereocenters. The average Bonchev–Trinajstić information content (AvgIpc) is 2.42. The van der Waals surface area contributed by atoms with E-state index in [4.69, 9.17) is 0 Å². The zero-order valence-corrected chi connectivity index (χ0v) is 11.0. The van der Waals surface area contributed by atoms with Crippen molar-refractivity contribution in [1.29, 1.82) is 0 Å². The van der Waals surface area contributed by atoms with Gasteiger partial charge in [0.2, 0.25) is 0 Å². The molecule has 0 nitrogen and oxygen atoms in total. The van der Waals surface area contributed by atoms with E-state index in [1.807, 2.05) is 13.8 Å². The third-order valence-electron chi connectivity index (χ3n) is 3.24. The molecule has 88 valence electrons. The SMILES string of the molecule is CC.Cc1cc2c(c3ccccc13)C=CCC2. The van der Waals surface area contributed by atoms with Gasteiger partial charge >= 0.3 is 0 Å². The lowest BCUT2D eigenvalue weighted by molar-refractivity contribution is 0.987. The van der Waals surface area contributed by atoms with Crippen LogP contribution in [0.25, 0.3) is 16.8 Å². The van der Waals surface area contributed by atoms with Gasteiger partial charge in [-0.25, -0.2) is 0 Å². The predicted molar refractivity (Wildman–Crippen MR) is 77.4 cm³/mol. The molecule has 0 amide bonds. The van der Waals surface area contributed by atoms with Crippen LogP contribution in [-0.4, -0.2) is 0 Å². The van der Waals surface area contributed by atoms with Crippen LogP contribution in [0.2, 0.25) is 0 Å². The number of aryl methyl sites for hydroxylation is 2. The average molecular weight is 224 g/mol. The Morgan fingerprint density at radius 2 is 1.71 bits per heavy atom. The van der Waals surface area contributed by atoms with Crippen LogP contribution in [0, 0.1) is 6.92 Å². The van der Waals surface area contributed by atoms with Crippen molar-refractivity contribution in [3.63, 3.8) is 0 Å². The van der Waals surface area contributed by atoms with E-state index < -0.39 is 0 Å². The molecule has 0 saturated carbocycles. The van der Waals surface area contributed by atoms with E-state index in [-0.39, 0.29) is 0 Å². The maximum atomic E-state index is 2.35. The van der Waals surface area contributed by atoms with E-state index in [1.165, 1.54) is 40.3 Å². The fraction of sp³-hybridized carbons (Fsp3) is 0.294. The van der Waals surface area contributed by atoms with Gasteiger partial charge in [-0.1, -0.05) is 56.3 Å². The van der Waals surface area contributed by atoms with Crippen LogP contribution in [0.1, 0.15) is 37.0 Å². The number of benzene rings is 2. The summed E-state index contributed by atoms with van der Waals surface area (Å²) < 4.78 is 0. The Kier molecular flexibility index (Phi) is 3.63. The van der Waals surface area contributed by atoms with Crippen LogP contribution < -0.4 is 0 Å². The summed E-state index contributed by atoms with van der Waals surface area (Å²) in [5.41, 5.74) is 4.34. The number of hydrogen-bond donors (Lipinski definition) is 0. The molecule has 0 atom stereocenters. The van der Waals surface area contributed by atoms with Gasteiger partial charge in [0.15, 0.2) is 0 Å². The van der Waals surface area contributed by atoms with Crippen molar-refractivity contribution in [1.82, 2.24) is 0 Å². The quantitative estimate of drug-likeness (QED) is 0.581. The van der Waals surface area contributed by atoms with Gasteiger partial charge in [0, 0.05) is 0 Å². The van der Waals surface area contributed by atoms with Gasteiger partial charge in [0.25, 0.3) is 0 Å². The zero-order valence-electron chi connectivity index (χ0n) is 11.0. The molecular formula is C17H20. The van der Waals surface area contributed by atoms with Crippen molar-refractivity contribution < 1.29 is 0 Å².